The summed E-state index contributed by atoms with van der Waals surface area (Å²) < 4.78 is 5.88. The highest BCUT2D eigenvalue weighted by Gasteiger charge is 2.21. The van der Waals surface area contributed by atoms with Crippen LogP contribution in [-0.4, -0.2) is 41.4 Å². The highest BCUT2D eigenvalue weighted by atomic mass is 79.9. The van der Waals surface area contributed by atoms with E-state index in [1.807, 2.05) is 13.1 Å². The standard InChI is InChI=1S/C12H16BrN5O/c1-14-8-2-5-18(6-3-8)12-15-11(16-17-12)9-4-7-19-10(9)13/h4,7-8,14H,2-3,5-6H2,1H3,(H,15,16,17). The Hall–Kier alpha value is -1.34. The van der Waals surface area contributed by atoms with Crippen molar-refractivity contribution >= 4 is 21.9 Å². The van der Waals surface area contributed by atoms with E-state index >= 15 is 0 Å². The number of nitrogens with zero attached hydrogens (tertiary/aromatic N) is 3. The quantitative estimate of drug-likeness (QED) is 0.903. The van der Waals surface area contributed by atoms with Crippen LogP contribution in [0.1, 0.15) is 12.8 Å². The number of furan rings is 1. The smallest absolute Gasteiger partial charge is 0.245 e. The van der Waals surface area contributed by atoms with E-state index in [2.05, 4.69) is 41.3 Å². The van der Waals surface area contributed by atoms with Crippen LogP contribution in [0.3, 0.4) is 0 Å². The Balaban J connectivity index is 1.74. The van der Waals surface area contributed by atoms with Crippen LogP contribution in [0.25, 0.3) is 11.4 Å². The Morgan fingerprint density at radius 1 is 1.47 bits per heavy atom. The predicted molar refractivity (Wildman–Crippen MR) is 76.1 cm³/mol. The largest absolute Gasteiger partial charge is 0.457 e. The van der Waals surface area contributed by atoms with Gasteiger partial charge < -0.3 is 14.6 Å². The zero-order chi connectivity index (χ0) is 13.2. The lowest BCUT2D eigenvalue weighted by atomic mass is 10.1. The number of H-pyrrole nitrogens is 1. The zero-order valence-electron chi connectivity index (χ0n) is 10.7. The number of hydrogen-bond donors (Lipinski definition) is 2. The fraction of sp³-hybridized carbons (Fsp3) is 0.500. The average Bonchev–Trinajstić information content (AvgIpc) is 3.07. The lowest BCUT2D eigenvalue weighted by molar-refractivity contribution is 0.439. The first-order valence-electron chi connectivity index (χ1n) is 6.36. The molecule has 0 bridgehead atoms. The van der Waals surface area contributed by atoms with Crippen molar-refractivity contribution in [2.75, 3.05) is 25.0 Å². The van der Waals surface area contributed by atoms with Crippen LogP contribution in [0.4, 0.5) is 5.95 Å². The average molecular weight is 326 g/mol. The first-order chi connectivity index (χ1) is 9.28. The molecule has 102 valence electrons. The molecule has 0 radical (unpaired) electrons. The number of aromatic amines is 1. The van der Waals surface area contributed by atoms with E-state index in [4.69, 9.17) is 4.42 Å². The third-order valence-electron chi connectivity index (χ3n) is 3.53. The minimum Gasteiger partial charge on any atom is -0.457 e. The number of nitrogens with one attached hydrogen (secondary N) is 2. The monoisotopic (exact) mass is 325 g/mol. The van der Waals surface area contributed by atoms with Gasteiger partial charge in [-0.05, 0) is 41.9 Å². The molecule has 1 aliphatic heterocycles. The topological polar surface area (TPSA) is 70.0 Å². The molecule has 7 heteroatoms. The van der Waals surface area contributed by atoms with Gasteiger partial charge in [-0.15, -0.1) is 5.10 Å². The van der Waals surface area contributed by atoms with Crippen molar-refractivity contribution in [1.82, 2.24) is 20.5 Å². The molecule has 1 fully saturated rings. The second-order valence-electron chi connectivity index (χ2n) is 4.64. The van der Waals surface area contributed by atoms with Gasteiger partial charge in [0.25, 0.3) is 0 Å². The fourth-order valence-electron chi connectivity index (χ4n) is 2.35. The SMILES string of the molecule is CNC1CCN(c2n[nH]c(-c3ccoc3Br)n2)CC1. The number of piperidine rings is 1. The number of rotatable bonds is 3. The van der Waals surface area contributed by atoms with Crippen LogP contribution in [0.5, 0.6) is 0 Å². The molecule has 0 amide bonds. The van der Waals surface area contributed by atoms with Crippen LogP contribution in [0, 0.1) is 0 Å². The summed E-state index contributed by atoms with van der Waals surface area (Å²) in [5.41, 5.74) is 0.892. The minimum atomic E-state index is 0.609. The summed E-state index contributed by atoms with van der Waals surface area (Å²) >= 11 is 3.35. The predicted octanol–water partition coefficient (Wildman–Crippen LogP) is 2.02. The summed E-state index contributed by atoms with van der Waals surface area (Å²) in [6.07, 6.45) is 3.87. The van der Waals surface area contributed by atoms with E-state index in [1.165, 1.54) is 0 Å². The summed E-state index contributed by atoms with van der Waals surface area (Å²) in [4.78, 5) is 6.75. The molecule has 2 N–H and O–H groups in total. The van der Waals surface area contributed by atoms with Gasteiger partial charge >= 0.3 is 0 Å². The lowest BCUT2D eigenvalue weighted by Gasteiger charge is -2.30. The maximum atomic E-state index is 5.21. The van der Waals surface area contributed by atoms with Gasteiger partial charge in [0.15, 0.2) is 10.5 Å². The molecule has 2 aromatic heterocycles. The van der Waals surface area contributed by atoms with Crippen LogP contribution in [0.15, 0.2) is 21.4 Å². The van der Waals surface area contributed by atoms with Crippen molar-refractivity contribution in [3.05, 3.63) is 17.0 Å². The van der Waals surface area contributed by atoms with Crippen LogP contribution < -0.4 is 10.2 Å². The fourth-order valence-corrected chi connectivity index (χ4v) is 2.77. The highest BCUT2D eigenvalue weighted by Crippen LogP contribution is 2.27. The van der Waals surface area contributed by atoms with Crippen molar-refractivity contribution in [1.29, 1.82) is 0 Å². The van der Waals surface area contributed by atoms with Crippen molar-refractivity contribution in [2.24, 2.45) is 0 Å². The van der Waals surface area contributed by atoms with Gasteiger partial charge in [-0.2, -0.15) is 4.98 Å². The van der Waals surface area contributed by atoms with E-state index in [9.17, 15) is 0 Å². The zero-order valence-corrected chi connectivity index (χ0v) is 12.3. The summed E-state index contributed by atoms with van der Waals surface area (Å²) in [7, 11) is 2.02. The molecule has 1 saturated heterocycles. The van der Waals surface area contributed by atoms with Crippen LogP contribution >= 0.6 is 15.9 Å². The van der Waals surface area contributed by atoms with Gasteiger partial charge in [-0.3, -0.25) is 5.10 Å². The molecule has 0 aromatic carbocycles. The Labute approximate surface area is 119 Å². The third-order valence-corrected chi connectivity index (χ3v) is 4.15. The molecule has 0 saturated carbocycles. The van der Waals surface area contributed by atoms with E-state index < -0.39 is 0 Å². The molecule has 0 aliphatic carbocycles. The van der Waals surface area contributed by atoms with Crippen molar-refractivity contribution in [3.63, 3.8) is 0 Å². The molecule has 0 atom stereocenters. The molecular weight excluding hydrogens is 310 g/mol. The Kier molecular flexibility index (Phi) is 3.56. The van der Waals surface area contributed by atoms with Crippen molar-refractivity contribution in [2.45, 2.75) is 18.9 Å². The summed E-state index contributed by atoms with van der Waals surface area (Å²) in [5.74, 6) is 1.49. The molecule has 3 heterocycles. The van der Waals surface area contributed by atoms with Gasteiger partial charge in [0.2, 0.25) is 5.95 Å². The van der Waals surface area contributed by atoms with E-state index in [0.717, 1.165) is 43.3 Å². The summed E-state index contributed by atoms with van der Waals surface area (Å²) in [6, 6.07) is 2.47. The van der Waals surface area contributed by atoms with Gasteiger partial charge in [0.05, 0.1) is 11.8 Å². The maximum Gasteiger partial charge on any atom is 0.245 e. The molecular formula is C12H16BrN5O. The number of aromatic nitrogens is 3. The summed E-state index contributed by atoms with van der Waals surface area (Å²) in [5, 5.41) is 10.6. The van der Waals surface area contributed by atoms with Crippen LogP contribution in [0.2, 0.25) is 0 Å². The molecule has 2 aromatic rings. The van der Waals surface area contributed by atoms with Gasteiger partial charge in [0, 0.05) is 19.1 Å². The maximum absolute atomic E-state index is 5.21. The minimum absolute atomic E-state index is 0.609. The van der Waals surface area contributed by atoms with Crippen molar-refractivity contribution < 1.29 is 4.42 Å². The Morgan fingerprint density at radius 3 is 2.89 bits per heavy atom. The van der Waals surface area contributed by atoms with E-state index in [0.29, 0.717) is 10.7 Å². The number of halogens is 1. The number of hydrogen-bond acceptors (Lipinski definition) is 5. The molecule has 1 aliphatic rings. The summed E-state index contributed by atoms with van der Waals surface area (Å²) in [6.45, 7) is 1.96. The van der Waals surface area contributed by atoms with Crippen molar-refractivity contribution in [3.8, 4) is 11.4 Å². The van der Waals surface area contributed by atoms with Gasteiger partial charge in [-0.1, -0.05) is 0 Å². The first kappa shape index (κ1) is 12.7. The second-order valence-corrected chi connectivity index (χ2v) is 5.36. The normalized spacial score (nSPS) is 17.1. The molecule has 19 heavy (non-hydrogen) atoms. The third kappa shape index (κ3) is 2.52. The second kappa shape index (κ2) is 5.34. The molecule has 0 unspecified atom stereocenters. The molecule has 3 rings (SSSR count). The Morgan fingerprint density at radius 2 is 2.26 bits per heavy atom. The van der Waals surface area contributed by atoms with Gasteiger partial charge in [0.1, 0.15) is 0 Å². The van der Waals surface area contributed by atoms with Crippen LogP contribution in [-0.2, 0) is 0 Å². The highest BCUT2D eigenvalue weighted by molar-refractivity contribution is 9.10. The number of anilines is 1. The molecule has 0 spiro atoms. The van der Waals surface area contributed by atoms with E-state index in [1.54, 1.807) is 6.26 Å². The Bertz CT molecular complexity index is 544. The lowest BCUT2D eigenvalue weighted by Crippen LogP contribution is -2.41. The molecule has 6 nitrogen and oxygen atoms in total. The first-order valence-corrected chi connectivity index (χ1v) is 7.15. The van der Waals surface area contributed by atoms with Gasteiger partial charge in [-0.25, -0.2) is 0 Å². The van der Waals surface area contributed by atoms with E-state index in [-0.39, 0.29) is 0 Å².